The molecule has 2 rings (SSSR count). The molecule has 1 fully saturated rings. The van der Waals surface area contributed by atoms with Crippen molar-refractivity contribution in [2.45, 2.75) is 19.3 Å². The molecule has 0 saturated carbocycles. The molecule has 0 spiro atoms. The maximum absolute atomic E-state index is 13.4. The molecule has 1 heterocycles. The van der Waals surface area contributed by atoms with Crippen LogP contribution in [0.3, 0.4) is 0 Å². The monoisotopic (exact) mass is 289 g/mol. The van der Waals surface area contributed by atoms with Gasteiger partial charge in [0.1, 0.15) is 11.5 Å². The van der Waals surface area contributed by atoms with Crippen LogP contribution in [-0.4, -0.2) is 23.2 Å². The second-order valence-electron chi connectivity index (χ2n) is 4.36. The summed E-state index contributed by atoms with van der Waals surface area (Å²) in [5, 5.41) is 4.39. The Morgan fingerprint density at radius 2 is 1.63 bits per heavy atom. The van der Waals surface area contributed by atoms with Crippen LogP contribution in [0.25, 0.3) is 0 Å². The molecule has 2 N–H and O–H groups in total. The molecule has 7 heteroatoms. The largest absolute Gasteiger partial charge is 0.327 e. The van der Waals surface area contributed by atoms with Gasteiger partial charge in [0.15, 0.2) is 16.7 Å². The topological polar surface area (TPSA) is 27.3 Å². The van der Waals surface area contributed by atoms with Crippen LogP contribution in [-0.2, 0) is 0 Å². The molecule has 0 atom stereocenters. The van der Waals surface area contributed by atoms with Gasteiger partial charge in [-0.3, -0.25) is 5.43 Å². The summed E-state index contributed by atoms with van der Waals surface area (Å²) in [6.45, 7) is 1.66. The van der Waals surface area contributed by atoms with Crippen molar-refractivity contribution < 1.29 is 13.2 Å². The Hall–Kier alpha value is -1.34. The van der Waals surface area contributed by atoms with Crippen molar-refractivity contribution in [3.8, 4) is 0 Å². The average Bonchev–Trinajstić information content (AvgIpc) is 2.35. The van der Waals surface area contributed by atoms with Crippen LogP contribution in [0.5, 0.6) is 0 Å². The zero-order valence-electron chi connectivity index (χ0n) is 10.2. The molecule has 1 aliphatic heterocycles. The van der Waals surface area contributed by atoms with Crippen LogP contribution < -0.4 is 10.7 Å². The lowest BCUT2D eigenvalue weighted by molar-refractivity contribution is 0.196. The fourth-order valence-corrected chi connectivity index (χ4v) is 2.18. The van der Waals surface area contributed by atoms with Gasteiger partial charge in [-0.1, -0.05) is 6.42 Å². The molecule has 1 aliphatic rings. The van der Waals surface area contributed by atoms with Crippen LogP contribution in [0.15, 0.2) is 12.1 Å². The number of piperidine rings is 1. The number of halogens is 3. The molecule has 1 aromatic carbocycles. The van der Waals surface area contributed by atoms with E-state index in [4.69, 9.17) is 12.2 Å². The van der Waals surface area contributed by atoms with E-state index in [9.17, 15) is 13.2 Å². The normalized spacial score (nSPS) is 16.2. The minimum absolute atomic E-state index is 0.0892. The lowest BCUT2D eigenvalue weighted by Crippen LogP contribution is -2.46. The van der Waals surface area contributed by atoms with E-state index in [0.717, 1.165) is 25.9 Å². The van der Waals surface area contributed by atoms with Gasteiger partial charge in [0.25, 0.3) is 0 Å². The van der Waals surface area contributed by atoms with Crippen molar-refractivity contribution in [3.63, 3.8) is 0 Å². The highest BCUT2D eigenvalue weighted by Gasteiger charge is 2.15. The van der Waals surface area contributed by atoms with Crippen molar-refractivity contribution in [3.05, 3.63) is 29.6 Å². The molecule has 3 nitrogen and oxygen atoms in total. The first-order valence-corrected chi connectivity index (χ1v) is 6.44. The van der Waals surface area contributed by atoms with Crippen LogP contribution in [0.2, 0.25) is 0 Å². The predicted molar refractivity (Wildman–Crippen MR) is 71.1 cm³/mol. The Kier molecular flexibility index (Phi) is 4.60. The van der Waals surface area contributed by atoms with Crippen molar-refractivity contribution in [2.24, 2.45) is 0 Å². The third kappa shape index (κ3) is 3.81. The second kappa shape index (κ2) is 6.21. The van der Waals surface area contributed by atoms with Crippen molar-refractivity contribution in [1.29, 1.82) is 0 Å². The van der Waals surface area contributed by atoms with Gasteiger partial charge in [-0.25, -0.2) is 18.2 Å². The van der Waals surface area contributed by atoms with Gasteiger partial charge in [0, 0.05) is 25.2 Å². The number of anilines is 1. The molecule has 0 aliphatic carbocycles. The van der Waals surface area contributed by atoms with E-state index in [1.807, 2.05) is 5.01 Å². The molecule has 19 heavy (non-hydrogen) atoms. The number of hydrogen-bond acceptors (Lipinski definition) is 2. The number of hydrazine groups is 1. The highest BCUT2D eigenvalue weighted by Crippen LogP contribution is 2.20. The smallest absolute Gasteiger partial charge is 0.185 e. The number of benzene rings is 1. The number of nitrogens with zero attached hydrogens (tertiary/aromatic N) is 1. The van der Waals surface area contributed by atoms with E-state index >= 15 is 0 Å². The predicted octanol–water partition coefficient (Wildman–Crippen LogP) is 2.79. The van der Waals surface area contributed by atoms with Gasteiger partial charge in [-0.2, -0.15) is 0 Å². The fourth-order valence-electron chi connectivity index (χ4n) is 1.95. The molecular weight excluding hydrogens is 275 g/mol. The minimum atomic E-state index is -1.01. The SMILES string of the molecule is Fc1cc(F)c(NC(=S)NN2CCCCC2)c(F)c1. The Bertz CT molecular complexity index is 452. The van der Waals surface area contributed by atoms with E-state index in [1.54, 1.807) is 0 Å². The average molecular weight is 289 g/mol. The summed E-state index contributed by atoms with van der Waals surface area (Å²) in [5.41, 5.74) is 2.41. The summed E-state index contributed by atoms with van der Waals surface area (Å²) in [4.78, 5) is 0. The zero-order chi connectivity index (χ0) is 13.8. The first-order chi connectivity index (χ1) is 9.06. The highest BCUT2D eigenvalue weighted by atomic mass is 32.1. The summed E-state index contributed by atoms with van der Waals surface area (Å²) in [6, 6.07) is 1.21. The Labute approximate surface area is 114 Å². The molecule has 104 valence electrons. The number of thiocarbonyl (C=S) groups is 1. The van der Waals surface area contributed by atoms with Gasteiger partial charge >= 0.3 is 0 Å². The zero-order valence-corrected chi connectivity index (χ0v) is 11.0. The summed E-state index contributed by atoms with van der Waals surface area (Å²) in [7, 11) is 0. The van der Waals surface area contributed by atoms with Gasteiger partial charge in [0.05, 0.1) is 0 Å². The van der Waals surface area contributed by atoms with Crippen molar-refractivity contribution in [1.82, 2.24) is 10.4 Å². The van der Waals surface area contributed by atoms with Crippen LogP contribution >= 0.6 is 12.2 Å². The fraction of sp³-hybridized carbons (Fsp3) is 0.417. The van der Waals surface area contributed by atoms with Crippen molar-refractivity contribution in [2.75, 3.05) is 18.4 Å². The van der Waals surface area contributed by atoms with Crippen molar-refractivity contribution >= 4 is 23.0 Å². The maximum Gasteiger partial charge on any atom is 0.185 e. The Morgan fingerprint density at radius 3 is 2.21 bits per heavy atom. The molecule has 1 saturated heterocycles. The molecule has 0 aromatic heterocycles. The summed E-state index contributed by atoms with van der Waals surface area (Å²) >= 11 is 4.98. The lowest BCUT2D eigenvalue weighted by atomic mass is 10.2. The van der Waals surface area contributed by atoms with Crippen LogP contribution in [0.1, 0.15) is 19.3 Å². The first kappa shape index (κ1) is 14.1. The van der Waals surface area contributed by atoms with E-state index in [1.165, 1.54) is 6.42 Å². The molecule has 0 unspecified atom stereocenters. The third-order valence-corrected chi connectivity index (χ3v) is 3.05. The van der Waals surface area contributed by atoms with Gasteiger partial charge in [-0.05, 0) is 25.1 Å². The molecular formula is C12H14F3N3S. The number of hydrogen-bond donors (Lipinski definition) is 2. The molecule has 1 aromatic rings. The molecule has 0 amide bonds. The van der Waals surface area contributed by atoms with E-state index < -0.39 is 23.1 Å². The lowest BCUT2D eigenvalue weighted by Gasteiger charge is -2.28. The van der Waals surface area contributed by atoms with E-state index in [0.29, 0.717) is 12.1 Å². The number of rotatable bonds is 2. The summed E-state index contributed by atoms with van der Waals surface area (Å²) < 4.78 is 39.6. The Balaban J connectivity index is 1.98. The van der Waals surface area contributed by atoms with Gasteiger partial charge < -0.3 is 5.32 Å². The molecule has 0 bridgehead atoms. The number of nitrogens with one attached hydrogen (secondary N) is 2. The first-order valence-electron chi connectivity index (χ1n) is 6.03. The maximum atomic E-state index is 13.4. The van der Waals surface area contributed by atoms with Crippen LogP contribution in [0, 0.1) is 17.5 Å². The standard InChI is InChI=1S/C12H14F3N3S/c13-8-6-9(14)11(10(15)7-8)16-12(19)17-18-4-2-1-3-5-18/h6-7H,1-5H2,(H2,16,17,19). The van der Waals surface area contributed by atoms with E-state index in [2.05, 4.69) is 10.7 Å². The van der Waals surface area contributed by atoms with Gasteiger partial charge in [0.2, 0.25) is 0 Å². The quantitative estimate of drug-likeness (QED) is 0.819. The summed E-state index contributed by atoms with van der Waals surface area (Å²) in [6.07, 6.45) is 3.27. The highest BCUT2D eigenvalue weighted by molar-refractivity contribution is 7.80. The van der Waals surface area contributed by atoms with E-state index in [-0.39, 0.29) is 5.11 Å². The van der Waals surface area contributed by atoms with Gasteiger partial charge in [-0.15, -0.1) is 0 Å². The van der Waals surface area contributed by atoms with Crippen LogP contribution in [0.4, 0.5) is 18.9 Å². The summed E-state index contributed by atoms with van der Waals surface area (Å²) in [5.74, 6) is -2.99. The second-order valence-corrected chi connectivity index (χ2v) is 4.77. The Morgan fingerprint density at radius 1 is 1.05 bits per heavy atom. The minimum Gasteiger partial charge on any atom is -0.327 e. The molecule has 0 radical (unpaired) electrons. The third-order valence-electron chi connectivity index (χ3n) is 2.86.